The average molecular weight is 409 g/mol. The molecule has 0 saturated carbocycles. The first-order chi connectivity index (χ1) is 14.5. The Labute approximate surface area is 176 Å². The van der Waals surface area contributed by atoms with E-state index in [-0.39, 0.29) is 30.6 Å². The minimum Gasteiger partial charge on any atom is -0.490 e. The Hall–Kier alpha value is -3.35. The summed E-state index contributed by atoms with van der Waals surface area (Å²) in [6.45, 7) is 6.00. The van der Waals surface area contributed by atoms with Crippen molar-refractivity contribution < 1.29 is 19.1 Å². The van der Waals surface area contributed by atoms with Gasteiger partial charge in [0.1, 0.15) is 12.4 Å². The van der Waals surface area contributed by atoms with E-state index in [1.54, 1.807) is 34.1 Å². The number of nitrogens with zero attached hydrogens (tertiary/aromatic N) is 2. The predicted molar refractivity (Wildman–Crippen MR) is 116 cm³/mol. The monoisotopic (exact) mass is 409 g/mol. The van der Waals surface area contributed by atoms with Crippen molar-refractivity contribution in [3.05, 3.63) is 54.1 Å². The lowest BCUT2D eigenvalue weighted by molar-refractivity contribution is -0.122. The summed E-state index contributed by atoms with van der Waals surface area (Å²) in [5, 5.41) is 2.78. The highest BCUT2D eigenvalue weighted by Crippen LogP contribution is 2.31. The number of rotatable bonds is 7. The van der Waals surface area contributed by atoms with Crippen molar-refractivity contribution in [1.82, 2.24) is 4.90 Å². The number of carbonyl (C=O) groups is 3. The van der Waals surface area contributed by atoms with E-state index in [0.717, 1.165) is 5.69 Å². The van der Waals surface area contributed by atoms with Crippen LogP contribution in [0.15, 0.2) is 48.5 Å². The molecule has 2 aromatic rings. The molecule has 0 radical (unpaired) electrons. The van der Waals surface area contributed by atoms with Gasteiger partial charge in [-0.2, -0.15) is 0 Å². The number of hydrogen-bond acceptors (Lipinski definition) is 4. The highest BCUT2D eigenvalue weighted by atomic mass is 16.5. The van der Waals surface area contributed by atoms with Gasteiger partial charge in [-0.15, -0.1) is 0 Å². The molecular weight excluding hydrogens is 382 g/mol. The van der Waals surface area contributed by atoms with Gasteiger partial charge in [0.15, 0.2) is 0 Å². The normalized spacial score (nSPS) is 12.5. The molecule has 0 saturated heterocycles. The molecule has 158 valence electrons. The zero-order valence-corrected chi connectivity index (χ0v) is 17.4. The second kappa shape index (κ2) is 9.91. The van der Waals surface area contributed by atoms with Gasteiger partial charge in [-0.05, 0) is 44.2 Å². The van der Waals surface area contributed by atoms with Crippen LogP contribution in [0.1, 0.15) is 37.0 Å². The Kier molecular flexibility index (Phi) is 7.06. The van der Waals surface area contributed by atoms with Crippen LogP contribution >= 0.6 is 0 Å². The smallest absolute Gasteiger partial charge is 0.253 e. The molecule has 0 atom stereocenters. The van der Waals surface area contributed by atoms with Crippen LogP contribution < -0.4 is 15.0 Å². The summed E-state index contributed by atoms with van der Waals surface area (Å²) >= 11 is 0. The maximum atomic E-state index is 12.6. The molecule has 1 N–H and O–H groups in total. The van der Waals surface area contributed by atoms with Gasteiger partial charge in [-0.25, -0.2) is 0 Å². The summed E-state index contributed by atoms with van der Waals surface area (Å²) in [7, 11) is 0. The molecule has 2 aromatic carbocycles. The average Bonchev–Trinajstić information content (AvgIpc) is 2.78. The largest absolute Gasteiger partial charge is 0.490 e. The summed E-state index contributed by atoms with van der Waals surface area (Å²) in [6, 6.07) is 14.2. The first-order valence-corrected chi connectivity index (χ1v) is 10.2. The van der Waals surface area contributed by atoms with Gasteiger partial charge in [0.05, 0.1) is 12.2 Å². The van der Waals surface area contributed by atoms with Gasteiger partial charge < -0.3 is 19.9 Å². The SMILES string of the molecule is CCN(CC)C(=O)c1cccc(NC(=O)CCC(=O)N2CCOc3ccccc32)c1. The highest BCUT2D eigenvalue weighted by molar-refractivity contribution is 6.00. The van der Waals surface area contributed by atoms with Crippen LogP contribution in [0, 0.1) is 0 Å². The molecule has 30 heavy (non-hydrogen) atoms. The Morgan fingerprint density at radius 1 is 1.03 bits per heavy atom. The number of carbonyl (C=O) groups excluding carboxylic acids is 3. The second-order valence-electron chi connectivity index (χ2n) is 6.97. The maximum Gasteiger partial charge on any atom is 0.253 e. The molecule has 0 spiro atoms. The van der Waals surface area contributed by atoms with Gasteiger partial charge in [0.25, 0.3) is 5.91 Å². The predicted octanol–water partition coefficient (Wildman–Crippen LogP) is 3.31. The Morgan fingerprint density at radius 3 is 2.57 bits per heavy atom. The molecular formula is C23H27N3O4. The highest BCUT2D eigenvalue weighted by Gasteiger charge is 2.23. The second-order valence-corrected chi connectivity index (χ2v) is 6.97. The topological polar surface area (TPSA) is 79.0 Å². The third-order valence-corrected chi connectivity index (χ3v) is 5.04. The molecule has 3 amide bonds. The fraction of sp³-hybridized carbons (Fsp3) is 0.348. The van der Waals surface area contributed by atoms with Gasteiger partial charge in [0, 0.05) is 37.2 Å². The van der Waals surface area contributed by atoms with Crippen LogP contribution in [0.3, 0.4) is 0 Å². The minimum atomic E-state index is -0.266. The van der Waals surface area contributed by atoms with E-state index in [1.807, 2.05) is 38.1 Å². The Balaban J connectivity index is 1.57. The molecule has 1 aliphatic heterocycles. The van der Waals surface area contributed by atoms with E-state index in [4.69, 9.17) is 4.74 Å². The van der Waals surface area contributed by atoms with Crippen LogP contribution in [0.5, 0.6) is 5.75 Å². The van der Waals surface area contributed by atoms with Crippen LogP contribution in [0.25, 0.3) is 0 Å². The number of ether oxygens (including phenoxy) is 1. The Morgan fingerprint density at radius 2 is 1.80 bits per heavy atom. The number of nitrogens with one attached hydrogen (secondary N) is 1. The van der Waals surface area contributed by atoms with Gasteiger partial charge in [-0.1, -0.05) is 18.2 Å². The van der Waals surface area contributed by atoms with Gasteiger partial charge in [-0.3, -0.25) is 14.4 Å². The molecule has 3 rings (SSSR count). The van der Waals surface area contributed by atoms with Crippen LogP contribution in [0.2, 0.25) is 0 Å². The van der Waals surface area contributed by atoms with E-state index in [2.05, 4.69) is 5.32 Å². The van der Waals surface area contributed by atoms with Crippen LogP contribution in [0.4, 0.5) is 11.4 Å². The van der Waals surface area contributed by atoms with E-state index in [9.17, 15) is 14.4 Å². The first-order valence-electron chi connectivity index (χ1n) is 10.2. The molecule has 0 bridgehead atoms. The molecule has 7 heteroatoms. The van der Waals surface area contributed by atoms with Crippen molar-refractivity contribution in [3.8, 4) is 5.75 Å². The van der Waals surface area contributed by atoms with Crippen molar-refractivity contribution in [3.63, 3.8) is 0 Å². The molecule has 0 unspecified atom stereocenters. The fourth-order valence-electron chi connectivity index (χ4n) is 3.43. The third-order valence-electron chi connectivity index (χ3n) is 5.04. The first kappa shape index (κ1) is 21.4. The van der Waals surface area contributed by atoms with E-state index in [0.29, 0.717) is 43.2 Å². The number of amides is 3. The van der Waals surface area contributed by atoms with E-state index in [1.165, 1.54) is 0 Å². The van der Waals surface area contributed by atoms with Gasteiger partial charge >= 0.3 is 0 Å². The molecule has 0 fully saturated rings. The van der Waals surface area contributed by atoms with Crippen LogP contribution in [-0.4, -0.2) is 48.9 Å². The molecule has 1 aliphatic rings. The van der Waals surface area contributed by atoms with Crippen molar-refractivity contribution in [2.75, 3.05) is 36.5 Å². The summed E-state index contributed by atoms with van der Waals surface area (Å²) in [4.78, 5) is 40.9. The van der Waals surface area contributed by atoms with Crippen molar-refractivity contribution >= 4 is 29.1 Å². The van der Waals surface area contributed by atoms with Crippen molar-refractivity contribution in [2.24, 2.45) is 0 Å². The standard InChI is InChI=1S/C23H27N3O4/c1-3-25(4-2)23(29)17-8-7-9-18(16-17)24-21(27)12-13-22(28)26-14-15-30-20-11-6-5-10-19(20)26/h5-11,16H,3-4,12-15H2,1-2H3,(H,24,27). The number of fused-ring (bicyclic) bond motifs is 1. The lowest BCUT2D eigenvalue weighted by Crippen LogP contribution is -2.38. The van der Waals surface area contributed by atoms with E-state index < -0.39 is 0 Å². The molecule has 0 aliphatic carbocycles. The summed E-state index contributed by atoms with van der Waals surface area (Å²) in [6.07, 6.45) is 0.158. The maximum absolute atomic E-state index is 12.6. The number of para-hydroxylation sites is 2. The summed E-state index contributed by atoms with van der Waals surface area (Å²) in [5.41, 5.74) is 1.80. The summed E-state index contributed by atoms with van der Waals surface area (Å²) in [5.74, 6) is 0.220. The molecule has 1 heterocycles. The van der Waals surface area contributed by atoms with Gasteiger partial charge in [0.2, 0.25) is 11.8 Å². The lowest BCUT2D eigenvalue weighted by atomic mass is 10.1. The van der Waals surface area contributed by atoms with Crippen LogP contribution in [-0.2, 0) is 9.59 Å². The number of benzene rings is 2. The quantitative estimate of drug-likeness (QED) is 0.761. The number of hydrogen-bond donors (Lipinski definition) is 1. The van der Waals surface area contributed by atoms with E-state index >= 15 is 0 Å². The molecule has 0 aromatic heterocycles. The Bertz CT molecular complexity index is 924. The summed E-state index contributed by atoms with van der Waals surface area (Å²) < 4.78 is 5.57. The molecule has 7 nitrogen and oxygen atoms in total. The lowest BCUT2D eigenvalue weighted by Gasteiger charge is -2.29. The van der Waals surface area contributed by atoms with Crippen molar-refractivity contribution in [2.45, 2.75) is 26.7 Å². The van der Waals surface area contributed by atoms with Crippen molar-refractivity contribution in [1.29, 1.82) is 0 Å². The minimum absolute atomic E-state index is 0.0621. The zero-order valence-electron chi connectivity index (χ0n) is 17.4. The zero-order chi connectivity index (χ0) is 21.5. The third kappa shape index (κ3) is 4.97. The fourth-order valence-corrected chi connectivity index (χ4v) is 3.43. The number of anilines is 2.